The topological polar surface area (TPSA) is 117 Å². The largest absolute Gasteiger partial charge is 0.383 e. The highest BCUT2D eigenvalue weighted by molar-refractivity contribution is 7.78. The number of aromatic nitrogens is 3. The zero-order valence-corrected chi connectivity index (χ0v) is 14.0. The lowest BCUT2D eigenvalue weighted by Gasteiger charge is -2.08. The third kappa shape index (κ3) is 3.24. The first kappa shape index (κ1) is 16.7. The predicted molar refractivity (Wildman–Crippen MR) is 90.5 cm³/mol. The van der Waals surface area contributed by atoms with Crippen LogP contribution < -0.4 is 9.74 Å². The number of hydrogen-bond acceptors (Lipinski definition) is 7. The molecule has 1 aromatic heterocycles. The van der Waals surface area contributed by atoms with E-state index in [0.717, 1.165) is 11.6 Å². The summed E-state index contributed by atoms with van der Waals surface area (Å²) in [6.45, 7) is 3.44. The quantitative estimate of drug-likeness (QED) is 0.514. The van der Waals surface area contributed by atoms with Crippen molar-refractivity contribution in [2.75, 3.05) is 0 Å². The first-order chi connectivity index (χ1) is 11.9. The molecule has 0 spiro atoms. The Labute approximate surface area is 143 Å². The third-order valence-electron chi connectivity index (χ3n) is 3.47. The number of aryl methyl sites for hydroxylation is 2. The maximum absolute atomic E-state index is 12.5. The van der Waals surface area contributed by atoms with Crippen LogP contribution in [0, 0.1) is 24.0 Å². The second kappa shape index (κ2) is 6.40. The molecule has 25 heavy (non-hydrogen) atoms. The molecule has 0 aliphatic heterocycles. The maximum Gasteiger partial charge on any atom is 0.344 e. The minimum atomic E-state index is -2.33. The lowest BCUT2D eigenvalue weighted by molar-refractivity contribution is -0.384. The molecule has 1 atom stereocenters. The Hall–Kier alpha value is -3.14. The van der Waals surface area contributed by atoms with Gasteiger partial charge >= 0.3 is 11.3 Å². The molecule has 1 heterocycles. The number of nitro groups is 1. The van der Waals surface area contributed by atoms with E-state index in [-0.39, 0.29) is 16.8 Å². The van der Waals surface area contributed by atoms with Crippen molar-refractivity contribution in [3.63, 3.8) is 0 Å². The van der Waals surface area contributed by atoms with E-state index in [9.17, 15) is 19.1 Å². The number of non-ortho nitro benzene ring substituents is 1. The van der Waals surface area contributed by atoms with Crippen LogP contribution in [0.2, 0.25) is 0 Å². The van der Waals surface area contributed by atoms with Crippen LogP contribution in [0.4, 0.5) is 5.69 Å². The number of fused-ring (bicyclic) bond motifs is 1. The van der Waals surface area contributed by atoms with Gasteiger partial charge in [-0.05, 0) is 42.8 Å². The van der Waals surface area contributed by atoms with Crippen LogP contribution in [0.5, 0.6) is 5.75 Å². The molecule has 9 nitrogen and oxygen atoms in total. The van der Waals surface area contributed by atoms with E-state index in [0.29, 0.717) is 15.2 Å². The molecule has 0 saturated heterocycles. The van der Waals surface area contributed by atoms with E-state index >= 15 is 0 Å². The van der Waals surface area contributed by atoms with Gasteiger partial charge in [0.15, 0.2) is 5.75 Å². The predicted octanol–water partition coefficient (Wildman–Crippen LogP) is 1.82. The van der Waals surface area contributed by atoms with Gasteiger partial charge in [-0.25, -0.2) is 0 Å². The van der Waals surface area contributed by atoms with Crippen LogP contribution in [-0.2, 0) is 11.3 Å². The van der Waals surface area contributed by atoms with Crippen molar-refractivity contribution in [1.29, 1.82) is 0 Å². The highest BCUT2D eigenvalue weighted by Crippen LogP contribution is 2.24. The van der Waals surface area contributed by atoms with Crippen LogP contribution >= 0.6 is 0 Å². The van der Waals surface area contributed by atoms with Gasteiger partial charge in [-0.1, -0.05) is 15.7 Å². The lowest BCUT2D eigenvalue weighted by Crippen LogP contribution is -2.29. The summed E-state index contributed by atoms with van der Waals surface area (Å²) in [5.41, 5.74) is 0.887. The Morgan fingerprint density at radius 3 is 2.68 bits per heavy atom. The van der Waals surface area contributed by atoms with E-state index in [1.54, 1.807) is 25.1 Å². The summed E-state index contributed by atoms with van der Waals surface area (Å²) >= 11 is -2.33. The van der Waals surface area contributed by atoms with E-state index in [4.69, 9.17) is 4.18 Å². The van der Waals surface area contributed by atoms with Crippen molar-refractivity contribution in [2.24, 2.45) is 0 Å². The molecule has 0 bridgehead atoms. The van der Waals surface area contributed by atoms with Crippen LogP contribution in [0.3, 0.4) is 0 Å². The molecule has 0 fully saturated rings. The zero-order chi connectivity index (χ0) is 18.1. The molecule has 0 saturated carbocycles. The molecule has 3 rings (SSSR count). The molecule has 1 unspecified atom stereocenters. The van der Waals surface area contributed by atoms with Crippen molar-refractivity contribution in [3.8, 4) is 5.75 Å². The Morgan fingerprint density at radius 2 is 1.96 bits per heavy atom. The summed E-state index contributed by atoms with van der Waals surface area (Å²) in [4.78, 5) is 22.7. The van der Waals surface area contributed by atoms with Gasteiger partial charge in [-0.15, -0.1) is 5.10 Å². The summed E-state index contributed by atoms with van der Waals surface area (Å²) in [6.07, 6.45) is 0. The van der Waals surface area contributed by atoms with Crippen molar-refractivity contribution in [2.45, 2.75) is 13.8 Å². The van der Waals surface area contributed by atoms with Crippen molar-refractivity contribution in [3.05, 3.63) is 68.0 Å². The molecular formula is C15H12N4O5S. The van der Waals surface area contributed by atoms with Crippen LogP contribution in [0.15, 0.2) is 41.2 Å². The second-order valence-corrected chi connectivity index (χ2v) is 6.24. The Kier molecular flexibility index (Phi) is 4.28. The molecule has 0 radical (unpaired) electrons. The Morgan fingerprint density at radius 1 is 1.20 bits per heavy atom. The number of rotatable bonds is 4. The number of nitrogens with zero attached hydrogens (tertiary/aromatic N) is 4. The number of benzene rings is 2. The van der Waals surface area contributed by atoms with Crippen molar-refractivity contribution in [1.82, 2.24) is 14.4 Å². The second-order valence-electron chi connectivity index (χ2n) is 5.30. The third-order valence-corrected chi connectivity index (χ3v) is 4.32. The average molecular weight is 360 g/mol. The summed E-state index contributed by atoms with van der Waals surface area (Å²) in [5, 5.41) is 18.6. The van der Waals surface area contributed by atoms with Gasteiger partial charge in [-0.2, -0.15) is 4.21 Å². The van der Waals surface area contributed by atoms with Crippen molar-refractivity contribution < 1.29 is 13.3 Å². The van der Waals surface area contributed by atoms with Gasteiger partial charge in [0.2, 0.25) is 0 Å². The zero-order valence-electron chi connectivity index (χ0n) is 13.2. The molecule has 10 heteroatoms. The normalized spacial score (nSPS) is 12.1. The molecular weight excluding hydrogens is 348 g/mol. The van der Waals surface area contributed by atoms with E-state index in [1.807, 2.05) is 6.92 Å². The van der Waals surface area contributed by atoms with Crippen molar-refractivity contribution >= 4 is 27.9 Å². The first-order valence-corrected chi connectivity index (χ1v) is 8.12. The smallest absolute Gasteiger partial charge is 0.344 e. The summed E-state index contributed by atoms with van der Waals surface area (Å²) in [5.74, 6) is 0.0190. The highest BCUT2D eigenvalue weighted by Gasteiger charge is 2.17. The van der Waals surface area contributed by atoms with Gasteiger partial charge in [0.05, 0.1) is 16.4 Å². The van der Waals surface area contributed by atoms with Gasteiger partial charge in [-0.3, -0.25) is 14.9 Å². The number of nitro benzene ring substituents is 1. The summed E-state index contributed by atoms with van der Waals surface area (Å²) in [7, 11) is 0. The summed E-state index contributed by atoms with van der Waals surface area (Å²) in [6, 6.07) is 8.92. The SMILES string of the molecule is Cc1ccc2nnn(S(=O)Oc3cc([N+](=O)[O-])ccc3C)c(=O)c2c1. The molecule has 2 aromatic carbocycles. The molecule has 0 aliphatic rings. The van der Waals surface area contributed by atoms with Gasteiger partial charge < -0.3 is 4.18 Å². The van der Waals surface area contributed by atoms with Gasteiger partial charge in [0.25, 0.3) is 11.2 Å². The molecule has 0 N–H and O–H groups in total. The fraction of sp³-hybridized carbons (Fsp3) is 0.133. The van der Waals surface area contributed by atoms with Gasteiger partial charge in [0, 0.05) is 6.07 Å². The van der Waals surface area contributed by atoms with Crippen LogP contribution in [0.25, 0.3) is 10.9 Å². The molecule has 128 valence electrons. The molecule has 3 aromatic rings. The minimum Gasteiger partial charge on any atom is -0.383 e. The average Bonchev–Trinajstić information content (AvgIpc) is 2.57. The number of hydrogen-bond donors (Lipinski definition) is 0. The Bertz CT molecular complexity index is 1080. The van der Waals surface area contributed by atoms with E-state index in [1.165, 1.54) is 12.1 Å². The standard InChI is InChI=1S/C15H12N4O5S/c1-9-3-6-13-12(7-9)15(20)18(17-16-13)25(23)24-14-8-11(19(21)22)5-4-10(14)2/h3-8H,1-2H3. The molecule has 0 amide bonds. The maximum atomic E-state index is 12.5. The lowest BCUT2D eigenvalue weighted by atomic mass is 10.2. The van der Waals surface area contributed by atoms with E-state index < -0.39 is 21.7 Å². The van der Waals surface area contributed by atoms with Crippen LogP contribution in [-0.4, -0.2) is 23.5 Å². The fourth-order valence-corrected chi connectivity index (χ4v) is 2.88. The summed E-state index contributed by atoms with van der Waals surface area (Å²) < 4.78 is 18.2. The van der Waals surface area contributed by atoms with E-state index in [2.05, 4.69) is 10.3 Å². The van der Waals surface area contributed by atoms with Crippen LogP contribution in [0.1, 0.15) is 11.1 Å². The minimum absolute atomic E-state index is 0.0190. The highest BCUT2D eigenvalue weighted by atomic mass is 32.2. The molecule has 0 aliphatic carbocycles. The first-order valence-electron chi connectivity index (χ1n) is 7.09. The monoisotopic (exact) mass is 360 g/mol. The fourth-order valence-electron chi connectivity index (χ4n) is 2.14. The van der Waals surface area contributed by atoms with Gasteiger partial charge in [0.1, 0.15) is 5.52 Å². The Balaban J connectivity index is 2.01.